The molecule has 0 spiro atoms. The largest absolute Gasteiger partial charge is 0.471 e. The molecular weight excluding hydrogens is 354 g/mol. The van der Waals surface area contributed by atoms with Crippen LogP contribution in [0.5, 0.6) is 5.75 Å². The molecule has 0 saturated heterocycles. The van der Waals surface area contributed by atoms with Gasteiger partial charge in [0.2, 0.25) is 0 Å². The molecule has 0 radical (unpaired) electrons. The molecule has 0 aliphatic heterocycles. The van der Waals surface area contributed by atoms with E-state index in [0.29, 0.717) is 12.2 Å². The lowest BCUT2D eigenvalue weighted by atomic mass is 9.87. The smallest absolute Gasteiger partial charge is 0.272 e. The summed E-state index contributed by atoms with van der Waals surface area (Å²) in [6.45, 7) is 9.15. The zero-order valence-electron chi connectivity index (χ0n) is 17.1. The van der Waals surface area contributed by atoms with Gasteiger partial charge in [-0.05, 0) is 36.1 Å². The Labute approximate surface area is 165 Å². The summed E-state index contributed by atoms with van der Waals surface area (Å²) in [7, 11) is 1.87. The van der Waals surface area contributed by atoms with Gasteiger partial charge in [0.1, 0.15) is 11.4 Å². The molecule has 0 saturated carbocycles. The first-order chi connectivity index (χ1) is 13.2. The highest BCUT2D eigenvalue weighted by Crippen LogP contribution is 2.24. The molecule has 3 aromatic rings. The molecule has 0 aliphatic carbocycles. The van der Waals surface area contributed by atoms with Crippen molar-refractivity contribution in [1.82, 2.24) is 24.9 Å². The highest BCUT2D eigenvalue weighted by Gasteiger charge is 2.13. The molecule has 0 unspecified atom stereocenters. The van der Waals surface area contributed by atoms with E-state index in [0.717, 1.165) is 17.0 Å². The van der Waals surface area contributed by atoms with Crippen LogP contribution in [0.25, 0.3) is 0 Å². The van der Waals surface area contributed by atoms with Crippen molar-refractivity contribution in [2.75, 3.05) is 0 Å². The van der Waals surface area contributed by atoms with Gasteiger partial charge in [-0.3, -0.25) is 9.48 Å². The van der Waals surface area contributed by atoms with E-state index in [1.807, 2.05) is 26.1 Å². The number of benzene rings is 1. The van der Waals surface area contributed by atoms with Crippen molar-refractivity contribution >= 4 is 5.91 Å². The van der Waals surface area contributed by atoms with Crippen molar-refractivity contribution in [3.63, 3.8) is 0 Å². The second-order valence-electron chi connectivity index (χ2n) is 7.85. The summed E-state index contributed by atoms with van der Waals surface area (Å²) in [6, 6.07) is 9.72. The van der Waals surface area contributed by atoms with E-state index in [-0.39, 0.29) is 18.1 Å². The monoisotopic (exact) mass is 381 g/mol. The van der Waals surface area contributed by atoms with Crippen molar-refractivity contribution in [3.8, 4) is 5.75 Å². The Balaban J connectivity index is 1.53. The summed E-state index contributed by atoms with van der Waals surface area (Å²) in [5.41, 5.74) is 3.72. The van der Waals surface area contributed by atoms with Crippen molar-refractivity contribution < 1.29 is 9.53 Å². The van der Waals surface area contributed by atoms with Gasteiger partial charge in [-0.2, -0.15) is 10.2 Å². The predicted octanol–water partition coefficient (Wildman–Crippen LogP) is 3.19. The molecule has 1 amide bonds. The minimum atomic E-state index is -0.225. The number of aromatic nitrogens is 4. The SMILES string of the molecule is Cc1c(CNC(=O)c2ccn(COc3ccc(C(C)(C)C)cc3)n2)cnn1C. The number of hydrogen-bond acceptors (Lipinski definition) is 4. The first-order valence-corrected chi connectivity index (χ1v) is 9.26. The lowest BCUT2D eigenvalue weighted by molar-refractivity contribution is 0.0944. The lowest BCUT2D eigenvalue weighted by Crippen LogP contribution is -2.24. The Morgan fingerprint density at radius 3 is 2.50 bits per heavy atom. The lowest BCUT2D eigenvalue weighted by Gasteiger charge is -2.19. The van der Waals surface area contributed by atoms with Crippen molar-refractivity contribution in [1.29, 1.82) is 0 Å². The van der Waals surface area contributed by atoms with E-state index >= 15 is 0 Å². The van der Waals surface area contributed by atoms with E-state index in [4.69, 9.17) is 4.74 Å². The number of aryl methyl sites for hydroxylation is 1. The highest BCUT2D eigenvalue weighted by molar-refractivity contribution is 5.92. The van der Waals surface area contributed by atoms with Gasteiger partial charge in [-0.25, -0.2) is 4.68 Å². The Morgan fingerprint density at radius 2 is 1.89 bits per heavy atom. The van der Waals surface area contributed by atoms with Gasteiger partial charge in [-0.1, -0.05) is 32.9 Å². The molecule has 148 valence electrons. The van der Waals surface area contributed by atoms with Crippen LogP contribution in [0.2, 0.25) is 0 Å². The molecule has 0 aliphatic rings. The van der Waals surface area contributed by atoms with E-state index < -0.39 is 0 Å². The summed E-state index contributed by atoms with van der Waals surface area (Å²) in [5, 5.41) is 11.3. The first-order valence-electron chi connectivity index (χ1n) is 9.26. The van der Waals surface area contributed by atoms with Crippen LogP contribution < -0.4 is 10.1 Å². The van der Waals surface area contributed by atoms with Crippen molar-refractivity contribution in [2.24, 2.45) is 7.05 Å². The Bertz CT molecular complexity index is 948. The van der Waals surface area contributed by atoms with Crippen LogP contribution in [0.3, 0.4) is 0 Å². The normalized spacial score (nSPS) is 11.5. The van der Waals surface area contributed by atoms with Gasteiger partial charge in [0.25, 0.3) is 5.91 Å². The van der Waals surface area contributed by atoms with Gasteiger partial charge >= 0.3 is 0 Å². The van der Waals surface area contributed by atoms with Gasteiger partial charge < -0.3 is 10.1 Å². The minimum absolute atomic E-state index is 0.108. The van der Waals surface area contributed by atoms with Crippen LogP contribution in [0, 0.1) is 6.92 Å². The number of rotatable bonds is 6. The maximum Gasteiger partial charge on any atom is 0.272 e. The molecule has 0 bridgehead atoms. The fraction of sp³-hybridized carbons (Fsp3) is 0.381. The second-order valence-corrected chi connectivity index (χ2v) is 7.85. The summed E-state index contributed by atoms with van der Waals surface area (Å²) in [5.74, 6) is 0.540. The Kier molecular flexibility index (Phi) is 5.53. The molecule has 2 heterocycles. The molecule has 1 aromatic carbocycles. The maximum absolute atomic E-state index is 12.3. The van der Waals surface area contributed by atoms with Crippen LogP contribution in [0.1, 0.15) is 48.1 Å². The first kappa shape index (κ1) is 19.7. The molecule has 1 N–H and O–H groups in total. The Morgan fingerprint density at radius 1 is 1.18 bits per heavy atom. The zero-order chi connectivity index (χ0) is 20.3. The van der Waals surface area contributed by atoms with Crippen molar-refractivity contribution in [3.05, 3.63) is 65.2 Å². The van der Waals surface area contributed by atoms with Crippen LogP contribution in [0.15, 0.2) is 42.7 Å². The third-order valence-electron chi connectivity index (χ3n) is 4.73. The van der Waals surface area contributed by atoms with Crippen LogP contribution in [-0.2, 0) is 25.7 Å². The fourth-order valence-electron chi connectivity index (χ4n) is 2.73. The molecule has 2 aromatic heterocycles. The topological polar surface area (TPSA) is 74.0 Å². The molecule has 0 atom stereocenters. The Hall–Kier alpha value is -3.09. The minimum Gasteiger partial charge on any atom is -0.471 e. The summed E-state index contributed by atoms with van der Waals surface area (Å²) >= 11 is 0. The third kappa shape index (κ3) is 4.60. The van der Waals surface area contributed by atoms with Crippen molar-refractivity contribution in [2.45, 2.75) is 46.4 Å². The second kappa shape index (κ2) is 7.88. The number of carbonyl (C=O) groups is 1. The van der Waals surface area contributed by atoms with E-state index in [2.05, 4.69) is 48.4 Å². The predicted molar refractivity (Wildman–Crippen MR) is 107 cm³/mol. The molecular formula is C21H27N5O2. The fourth-order valence-corrected chi connectivity index (χ4v) is 2.73. The molecule has 7 heteroatoms. The summed E-state index contributed by atoms with van der Waals surface area (Å²) in [6.07, 6.45) is 3.49. The van der Waals surface area contributed by atoms with Gasteiger partial charge in [-0.15, -0.1) is 0 Å². The zero-order valence-corrected chi connectivity index (χ0v) is 17.1. The number of ether oxygens (including phenoxy) is 1. The van der Waals surface area contributed by atoms with E-state index in [1.165, 1.54) is 5.56 Å². The summed E-state index contributed by atoms with van der Waals surface area (Å²) in [4.78, 5) is 12.3. The average molecular weight is 381 g/mol. The van der Waals surface area contributed by atoms with E-state index in [9.17, 15) is 4.79 Å². The maximum atomic E-state index is 12.3. The molecule has 7 nitrogen and oxygen atoms in total. The highest BCUT2D eigenvalue weighted by atomic mass is 16.5. The molecule has 28 heavy (non-hydrogen) atoms. The van der Waals surface area contributed by atoms with Gasteiger partial charge in [0.15, 0.2) is 6.73 Å². The molecule has 0 fully saturated rings. The summed E-state index contributed by atoms with van der Waals surface area (Å²) < 4.78 is 9.14. The van der Waals surface area contributed by atoms with Crippen LogP contribution in [-0.4, -0.2) is 25.5 Å². The standard InChI is InChI=1S/C21H27N5O2/c1-15-16(13-23-25(15)5)12-22-20(27)19-10-11-26(24-19)14-28-18-8-6-17(7-9-18)21(2,3)4/h6-11,13H,12,14H2,1-5H3,(H,22,27). The number of nitrogens with one attached hydrogen (secondary N) is 1. The number of carbonyl (C=O) groups excluding carboxylic acids is 1. The van der Waals surface area contributed by atoms with Gasteiger partial charge in [0, 0.05) is 31.0 Å². The quantitative estimate of drug-likeness (QED) is 0.712. The molecule has 3 rings (SSSR count). The van der Waals surface area contributed by atoms with Gasteiger partial charge in [0.05, 0.1) is 6.20 Å². The van der Waals surface area contributed by atoms with Crippen LogP contribution in [0.4, 0.5) is 0 Å². The number of hydrogen-bond donors (Lipinski definition) is 1. The van der Waals surface area contributed by atoms with E-state index in [1.54, 1.807) is 27.8 Å². The average Bonchev–Trinajstić information content (AvgIpc) is 3.26. The third-order valence-corrected chi connectivity index (χ3v) is 4.73. The van der Waals surface area contributed by atoms with Crippen LogP contribution >= 0.6 is 0 Å². The number of nitrogens with zero attached hydrogens (tertiary/aromatic N) is 4. The number of amides is 1.